The molecule has 0 aliphatic carbocycles. The minimum atomic E-state index is 0.672. The van der Waals surface area contributed by atoms with Gasteiger partial charge in [-0.3, -0.25) is 0 Å². The summed E-state index contributed by atoms with van der Waals surface area (Å²) in [6, 6.07) is 5.46. The van der Waals surface area contributed by atoms with Crippen LogP contribution >= 0.6 is 23.2 Å². The molecule has 0 atom stereocenters. The Bertz CT molecular complexity index is 257. The number of allylic oxidation sites excluding steroid dienone is 1. The van der Waals surface area contributed by atoms with Crippen LogP contribution in [-0.4, -0.2) is 0 Å². The summed E-state index contributed by atoms with van der Waals surface area (Å²) in [5.74, 6) is 0. The Labute approximate surface area is 76.4 Å². The maximum Gasteiger partial charge on any atom is 0.0426 e. The molecule has 0 aliphatic rings. The lowest BCUT2D eigenvalue weighted by molar-refractivity contribution is 1.64. The maximum atomic E-state index is 5.77. The van der Waals surface area contributed by atoms with E-state index in [1.807, 2.05) is 31.2 Å². The van der Waals surface area contributed by atoms with Crippen molar-refractivity contribution in [3.8, 4) is 0 Å². The van der Waals surface area contributed by atoms with Crippen LogP contribution in [0.3, 0.4) is 0 Å². The van der Waals surface area contributed by atoms with Gasteiger partial charge in [-0.15, -0.1) is 0 Å². The predicted molar refractivity (Wildman–Crippen MR) is 51.2 cm³/mol. The summed E-state index contributed by atoms with van der Waals surface area (Å²) < 4.78 is 0. The lowest BCUT2D eigenvalue weighted by Crippen LogP contribution is -1.72. The highest BCUT2D eigenvalue weighted by Crippen LogP contribution is 2.19. The fraction of sp³-hybridized carbons (Fsp3) is 0.111. The molecule has 0 bridgehead atoms. The van der Waals surface area contributed by atoms with Crippen molar-refractivity contribution in [2.45, 2.75) is 6.92 Å². The number of halogens is 2. The maximum absolute atomic E-state index is 5.77. The van der Waals surface area contributed by atoms with Crippen LogP contribution in [0.15, 0.2) is 24.3 Å². The normalized spacial score (nSPS) is 10.8. The molecule has 0 unspecified atom stereocenters. The van der Waals surface area contributed by atoms with Gasteiger partial charge in [0.1, 0.15) is 0 Å². The molecule has 0 spiro atoms. The van der Waals surface area contributed by atoms with E-state index in [9.17, 15) is 0 Å². The highest BCUT2D eigenvalue weighted by molar-refractivity contribution is 6.34. The topological polar surface area (TPSA) is 0 Å². The van der Waals surface area contributed by atoms with Gasteiger partial charge in [-0.05, 0) is 30.7 Å². The van der Waals surface area contributed by atoms with Crippen LogP contribution < -0.4 is 0 Å². The standard InChI is InChI=1S/C9H8Cl2/c1-2-3-7-4-8(10)6-9(11)5-7/h2-6H,1H3/b3-2+. The number of hydrogen-bond acceptors (Lipinski definition) is 0. The van der Waals surface area contributed by atoms with Gasteiger partial charge in [0, 0.05) is 10.0 Å². The van der Waals surface area contributed by atoms with Gasteiger partial charge in [0.2, 0.25) is 0 Å². The highest BCUT2D eigenvalue weighted by Gasteiger charge is 1.93. The molecular formula is C9H8Cl2. The first-order valence-corrected chi connectivity index (χ1v) is 4.07. The molecule has 0 saturated carbocycles. The number of benzene rings is 1. The SMILES string of the molecule is C/C=C/c1cc(Cl)cc(Cl)c1. The zero-order valence-electron chi connectivity index (χ0n) is 6.14. The van der Waals surface area contributed by atoms with Crippen LogP contribution in [0.1, 0.15) is 12.5 Å². The minimum absolute atomic E-state index is 0.672. The van der Waals surface area contributed by atoms with Gasteiger partial charge < -0.3 is 0 Å². The molecule has 0 N–H and O–H groups in total. The molecule has 0 aliphatic heterocycles. The molecule has 0 amide bonds. The zero-order valence-corrected chi connectivity index (χ0v) is 7.65. The van der Waals surface area contributed by atoms with Crippen LogP contribution in [0.5, 0.6) is 0 Å². The van der Waals surface area contributed by atoms with Crippen LogP contribution in [0, 0.1) is 0 Å². The van der Waals surface area contributed by atoms with Gasteiger partial charge in [-0.25, -0.2) is 0 Å². The summed E-state index contributed by atoms with van der Waals surface area (Å²) in [7, 11) is 0. The van der Waals surface area contributed by atoms with Gasteiger partial charge in [0.25, 0.3) is 0 Å². The van der Waals surface area contributed by atoms with Crippen molar-refractivity contribution in [2.24, 2.45) is 0 Å². The summed E-state index contributed by atoms with van der Waals surface area (Å²) in [5.41, 5.74) is 1.03. The molecule has 11 heavy (non-hydrogen) atoms. The first-order valence-electron chi connectivity index (χ1n) is 3.31. The van der Waals surface area contributed by atoms with Crippen molar-refractivity contribution in [1.29, 1.82) is 0 Å². The quantitative estimate of drug-likeness (QED) is 0.622. The summed E-state index contributed by atoms with van der Waals surface area (Å²) in [5, 5.41) is 1.34. The largest absolute Gasteiger partial charge is 0.0871 e. The number of rotatable bonds is 1. The molecule has 1 aromatic carbocycles. The van der Waals surface area contributed by atoms with Gasteiger partial charge in [0.05, 0.1) is 0 Å². The molecule has 0 heterocycles. The van der Waals surface area contributed by atoms with E-state index in [-0.39, 0.29) is 0 Å². The Morgan fingerprint density at radius 1 is 1.09 bits per heavy atom. The fourth-order valence-electron chi connectivity index (χ4n) is 0.864. The lowest BCUT2D eigenvalue weighted by atomic mass is 10.2. The van der Waals surface area contributed by atoms with Gasteiger partial charge in [-0.1, -0.05) is 35.4 Å². The van der Waals surface area contributed by atoms with Gasteiger partial charge in [0.15, 0.2) is 0 Å². The van der Waals surface area contributed by atoms with Crippen LogP contribution in [0.25, 0.3) is 6.08 Å². The monoisotopic (exact) mass is 186 g/mol. The van der Waals surface area contributed by atoms with Crippen LogP contribution in [0.4, 0.5) is 0 Å². The second-order valence-electron chi connectivity index (χ2n) is 2.20. The van der Waals surface area contributed by atoms with E-state index in [1.165, 1.54) is 0 Å². The van der Waals surface area contributed by atoms with Crippen LogP contribution in [0.2, 0.25) is 10.0 Å². The Kier molecular flexibility index (Phi) is 2.98. The van der Waals surface area contributed by atoms with E-state index in [0.717, 1.165) is 5.56 Å². The second kappa shape index (κ2) is 3.80. The molecule has 0 nitrogen and oxygen atoms in total. The second-order valence-corrected chi connectivity index (χ2v) is 3.08. The average molecular weight is 187 g/mol. The third-order valence-corrected chi connectivity index (χ3v) is 1.68. The minimum Gasteiger partial charge on any atom is -0.0871 e. The molecule has 2 heteroatoms. The van der Waals surface area contributed by atoms with Crippen molar-refractivity contribution < 1.29 is 0 Å². The zero-order chi connectivity index (χ0) is 8.27. The van der Waals surface area contributed by atoms with E-state index in [1.54, 1.807) is 6.07 Å². The first kappa shape index (κ1) is 8.63. The molecular weight excluding hydrogens is 179 g/mol. The summed E-state index contributed by atoms with van der Waals surface area (Å²) >= 11 is 11.5. The van der Waals surface area contributed by atoms with Crippen molar-refractivity contribution in [3.63, 3.8) is 0 Å². The Balaban J connectivity index is 3.08. The molecule has 1 rings (SSSR count). The van der Waals surface area contributed by atoms with Gasteiger partial charge in [-0.2, -0.15) is 0 Å². The van der Waals surface area contributed by atoms with E-state index in [4.69, 9.17) is 23.2 Å². The molecule has 58 valence electrons. The van der Waals surface area contributed by atoms with E-state index in [2.05, 4.69) is 0 Å². The van der Waals surface area contributed by atoms with Crippen molar-refractivity contribution in [2.75, 3.05) is 0 Å². The lowest BCUT2D eigenvalue weighted by Gasteiger charge is -1.95. The Morgan fingerprint density at radius 3 is 2.09 bits per heavy atom. The smallest absolute Gasteiger partial charge is 0.0426 e. The van der Waals surface area contributed by atoms with E-state index >= 15 is 0 Å². The third-order valence-electron chi connectivity index (χ3n) is 1.24. The Hall–Kier alpha value is -0.460. The molecule has 0 saturated heterocycles. The van der Waals surface area contributed by atoms with Crippen LogP contribution in [-0.2, 0) is 0 Å². The van der Waals surface area contributed by atoms with Gasteiger partial charge >= 0.3 is 0 Å². The summed E-state index contributed by atoms with van der Waals surface area (Å²) in [6.07, 6.45) is 3.90. The molecule has 0 aromatic heterocycles. The Morgan fingerprint density at radius 2 is 1.64 bits per heavy atom. The number of hydrogen-bond donors (Lipinski definition) is 0. The molecule has 1 aromatic rings. The summed E-state index contributed by atoms with van der Waals surface area (Å²) in [6.45, 7) is 1.95. The average Bonchev–Trinajstić information content (AvgIpc) is 1.85. The first-order chi connectivity index (χ1) is 5.22. The van der Waals surface area contributed by atoms with Crippen molar-refractivity contribution in [1.82, 2.24) is 0 Å². The fourth-order valence-corrected chi connectivity index (χ4v) is 1.41. The van der Waals surface area contributed by atoms with Crippen molar-refractivity contribution >= 4 is 29.3 Å². The molecule has 0 radical (unpaired) electrons. The van der Waals surface area contributed by atoms with Crippen molar-refractivity contribution in [3.05, 3.63) is 39.9 Å². The highest BCUT2D eigenvalue weighted by atomic mass is 35.5. The predicted octanol–water partition coefficient (Wildman–Crippen LogP) is 4.03. The molecule has 0 fully saturated rings. The third kappa shape index (κ3) is 2.57. The van der Waals surface area contributed by atoms with E-state index < -0.39 is 0 Å². The summed E-state index contributed by atoms with van der Waals surface area (Å²) in [4.78, 5) is 0. The van der Waals surface area contributed by atoms with E-state index in [0.29, 0.717) is 10.0 Å².